The largest absolute Gasteiger partial charge is 0.303 e. The van der Waals surface area contributed by atoms with E-state index in [0.717, 1.165) is 18.1 Å². The number of carbonyl (C=O) groups is 1. The van der Waals surface area contributed by atoms with Gasteiger partial charge in [0, 0.05) is 6.42 Å². The van der Waals surface area contributed by atoms with Crippen molar-refractivity contribution in [2.45, 2.75) is 83.5 Å². The number of carbonyl (C=O) groups excluding carboxylic acids is 1. The van der Waals surface area contributed by atoms with E-state index in [0.29, 0.717) is 6.42 Å². The molecule has 0 saturated heterocycles. The molecule has 2 aliphatic rings. The topological polar surface area (TPSA) is 17.1 Å². The molecule has 1 nitrogen and oxygen atoms in total. The predicted octanol–water partition coefficient (Wildman–Crippen LogP) is 5.44. The molecule has 1 heteroatoms. The Kier molecular flexibility index (Phi) is 6.67. The van der Waals surface area contributed by atoms with Gasteiger partial charge >= 0.3 is 0 Å². The van der Waals surface area contributed by atoms with Crippen LogP contribution in [-0.2, 0) is 4.79 Å². The fraction of sp³-hybridized carbons (Fsp3) is 0.833. The van der Waals surface area contributed by atoms with Gasteiger partial charge in [0.25, 0.3) is 0 Å². The zero-order valence-corrected chi connectivity index (χ0v) is 12.4. The van der Waals surface area contributed by atoms with Crippen LogP contribution in [0.15, 0.2) is 11.6 Å². The van der Waals surface area contributed by atoms with E-state index in [1.165, 1.54) is 82.6 Å². The SMILES string of the molecule is O=CC/C1=C/C(C2CCCCCCC2)CCCCC1. The minimum atomic E-state index is 0.684. The summed E-state index contributed by atoms with van der Waals surface area (Å²) in [4.78, 5) is 10.8. The summed E-state index contributed by atoms with van der Waals surface area (Å²) in [6.07, 6.45) is 20.9. The molecule has 0 aromatic rings. The molecule has 0 aliphatic heterocycles. The molecule has 19 heavy (non-hydrogen) atoms. The van der Waals surface area contributed by atoms with E-state index >= 15 is 0 Å². The van der Waals surface area contributed by atoms with E-state index in [-0.39, 0.29) is 0 Å². The van der Waals surface area contributed by atoms with Crippen molar-refractivity contribution >= 4 is 6.29 Å². The monoisotopic (exact) mass is 262 g/mol. The summed E-state index contributed by atoms with van der Waals surface area (Å²) in [5.41, 5.74) is 1.43. The maximum absolute atomic E-state index is 10.8. The Morgan fingerprint density at radius 1 is 0.895 bits per heavy atom. The van der Waals surface area contributed by atoms with E-state index in [1.807, 2.05) is 0 Å². The minimum absolute atomic E-state index is 0.684. The number of aldehydes is 1. The summed E-state index contributed by atoms with van der Waals surface area (Å²) < 4.78 is 0. The lowest BCUT2D eigenvalue weighted by Crippen LogP contribution is -2.16. The number of hydrogen-bond acceptors (Lipinski definition) is 1. The van der Waals surface area contributed by atoms with Crippen molar-refractivity contribution in [2.24, 2.45) is 11.8 Å². The van der Waals surface area contributed by atoms with Crippen molar-refractivity contribution in [3.05, 3.63) is 11.6 Å². The van der Waals surface area contributed by atoms with Gasteiger partial charge < -0.3 is 4.79 Å². The molecule has 0 amide bonds. The quantitative estimate of drug-likeness (QED) is 0.488. The number of hydrogen-bond donors (Lipinski definition) is 0. The molecule has 0 N–H and O–H groups in total. The Morgan fingerprint density at radius 2 is 1.53 bits per heavy atom. The Bertz CT molecular complexity index is 284. The summed E-state index contributed by atoms with van der Waals surface area (Å²) in [5.74, 6) is 1.67. The van der Waals surface area contributed by atoms with Gasteiger partial charge in [-0.25, -0.2) is 0 Å². The number of allylic oxidation sites excluding steroid dienone is 2. The first-order valence-electron chi connectivity index (χ1n) is 8.53. The Balaban J connectivity index is 2.01. The lowest BCUT2D eigenvalue weighted by Gasteiger charge is -2.28. The van der Waals surface area contributed by atoms with Crippen molar-refractivity contribution in [1.82, 2.24) is 0 Å². The minimum Gasteiger partial charge on any atom is -0.303 e. The Hall–Kier alpha value is -0.590. The molecule has 1 fully saturated rings. The smallest absolute Gasteiger partial charge is 0.124 e. The first-order valence-corrected chi connectivity index (χ1v) is 8.53. The molecule has 0 radical (unpaired) electrons. The molecule has 1 atom stereocenters. The van der Waals surface area contributed by atoms with Gasteiger partial charge in [-0.3, -0.25) is 0 Å². The van der Waals surface area contributed by atoms with Crippen LogP contribution in [0.4, 0.5) is 0 Å². The molecule has 0 aromatic heterocycles. The van der Waals surface area contributed by atoms with E-state index in [1.54, 1.807) is 0 Å². The lowest BCUT2D eigenvalue weighted by atomic mass is 9.77. The zero-order valence-electron chi connectivity index (χ0n) is 12.4. The van der Waals surface area contributed by atoms with Crippen molar-refractivity contribution < 1.29 is 4.79 Å². The van der Waals surface area contributed by atoms with Crippen LogP contribution in [0.5, 0.6) is 0 Å². The van der Waals surface area contributed by atoms with Gasteiger partial charge in [-0.2, -0.15) is 0 Å². The first-order chi connectivity index (χ1) is 9.40. The van der Waals surface area contributed by atoms with E-state index in [9.17, 15) is 4.79 Å². The second-order valence-electron chi connectivity index (χ2n) is 6.56. The van der Waals surface area contributed by atoms with Crippen molar-refractivity contribution in [1.29, 1.82) is 0 Å². The molecule has 0 heterocycles. The molecule has 1 saturated carbocycles. The third-order valence-electron chi connectivity index (χ3n) is 5.09. The molecular weight excluding hydrogens is 232 g/mol. The zero-order chi connectivity index (χ0) is 13.3. The third-order valence-corrected chi connectivity index (χ3v) is 5.09. The van der Waals surface area contributed by atoms with Gasteiger partial charge in [-0.15, -0.1) is 0 Å². The second-order valence-corrected chi connectivity index (χ2v) is 6.56. The number of rotatable bonds is 3. The van der Waals surface area contributed by atoms with Crippen LogP contribution in [0.2, 0.25) is 0 Å². The summed E-state index contributed by atoms with van der Waals surface area (Å²) in [7, 11) is 0. The molecule has 2 aliphatic carbocycles. The van der Waals surface area contributed by atoms with Crippen LogP contribution in [-0.4, -0.2) is 6.29 Å². The Morgan fingerprint density at radius 3 is 2.26 bits per heavy atom. The van der Waals surface area contributed by atoms with Gasteiger partial charge in [0.05, 0.1) is 0 Å². The highest BCUT2D eigenvalue weighted by Gasteiger charge is 2.21. The maximum atomic E-state index is 10.8. The fourth-order valence-corrected chi connectivity index (χ4v) is 3.94. The van der Waals surface area contributed by atoms with Gasteiger partial charge in [-0.05, 0) is 43.9 Å². The molecule has 1 unspecified atom stereocenters. The highest BCUT2D eigenvalue weighted by molar-refractivity contribution is 5.54. The molecule has 2 rings (SSSR count). The second kappa shape index (κ2) is 8.55. The van der Waals surface area contributed by atoms with E-state index < -0.39 is 0 Å². The van der Waals surface area contributed by atoms with Gasteiger partial charge in [0.15, 0.2) is 0 Å². The standard InChI is InChI=1S/C18H30O/c19-14-13-16-9-5-4-8-12-18(15-16)17-10-6-2-1-3-7-11-17/h14-15,17-18H,1-13H2/b16-15+. The van der Waals surface area contributed by atoms with Gasteiger partial charge in [0.1, 0.15) is 6.29 Å². The average molecular weight is 262 g/mol. The van der Waals surface area contributed by atoms with Gasteiger partial charge in [0.2, 0.25) is 0 Å². The Labute approximate surface area is 118 Å². The highest BCUT2D eigenvalue weighted by Crippen LogP contribution is 2.35. The van der Waals surface area contributed by atoms with Crippen molar-refractivity contribution in [2.75, 3.05) is 0 Å². The average Bonchev–Trinajstić information content (AvgIpc) is 2.33. The molecule has 0 spiro atoms. The summed E-state index contributed by atoms with van der Waals surface area (Å²) in [6, 6.07) is 0. The third kappa shape index (κ3) is 5.12. The van der Waals surface area contributed by atoms with Crippen LogP contribution >= 0.6 is 0 Å². The van der Waals surface area contributed by atoms with E-state index in [4.69, 9.17) is 0 Å². The summed E-state index contributed by atoms with van der Waals surface area (Å²) >= 11 is 0. The van der Waals surface area contributed by atoms with Crippen LogP contribution in [0.1, 0.15) is 83.5 Å². The van der Waals surface area contributed by atoms with Crippen LogP contribution in [0.3, 0.4) is 0 Å². The summed E-state index contributed by atoms with van der Waals surface area (Å²) in [6.45, 7) is 0. The van der Waals surface area contributed by atoms with E-state index in [2.05, 4.69) is 6.08 Å². The maximum Gasteiger partial charge on any atom is 0.124 e. The molecule has 108 valence electrons. The molecule has 0 bridgehead atoms. The van der Waals surface area contributed by atoms with Crippen LogP contribution in [0, 0.1) is 11.8 Å². The van der Waals surface area contributed by atoms with Crippen LogP contribution < -0.4 is 0 Å². The lowest BCUT2D eigenvalue weighted by molar-refractivity contribution is -0.107. The van der Waals surface area contributed by atoms with Gasteiger partial charge in [-0.1, -0.05) is 56.6 Å². The highest BCUT2D eigenvalue weighted by atomic mass is 16.1. The van der Waals surface area contributed by atoms with Crippen molar-refractivity contribution in [3.8, 4) is 0 Å². The molecule has 0 aromatic carbocycles. The predicted molar refractivity (Wildman–Crippen MR) is 81.1 cm³/mol. The first kappa shape index (κ1) is 14.8. The normalized spacial score (nSPS) is 30.3. The molecular formula is C18H30O. The summed E-state index contributed by atoms with van der Waals surface area (Å²) in [5, 5.41) is 0. The van der Waals surface area contributed by atoms with Crippen molar-refractivity contribution in [3.63, 3.8) is 0 Å². The fourth-order valence-electron chi connectivity index (χ4n) is 3.94. The van der Waals surface area contributed by atoms with Crippen LogP contribution in [0.25, 0.3) is 0 Å².